The number of anilines is 5. The molecule has 5 atom stereocenters. The van der Waals surface area contributed by atoms with Gasteiger partial charge in [0.25, 0.3) is 23.3 Å². The molecular formula is C67H68ClN17O15S2. The van der Waals surface area contributed by atoms with Gasteiger partial charge in [0, 0.05) is 112 Å². The predicted octanol–water partition coefficient (Wildman–Crippen LogP) is 5.70. The number of aromatic amines is 3. The van der Waals surface area contributed by atoms with E-state index >= 15 is 0 Å². The normalized spacial score (nSPS) is 13.7. The number of hydrogen-bond acceptors (Lipinski definition) is 20. The molecule has 0 aliphatic carbocycles. The second-order valence-corrected chi connectivity index (χ2v) is 26.7. The number of rotatable bonds is 33. The number of amides is 6. The van der Waals surface area contributed by atoms with Crippen molar-refractivity contribution in [2.24, 2.45) is 11.7 Å². The van der Waals surface area contributed by atoms with Gasteiger partial charge in [-0.3, -0.25) is 53.5 Å². The van der Waals surface area contributed by atoms with Crippen LogP contribution >= 0.6 is 33.2 Å². The number of nitrogens with one attached hydrogen (secondary N) is 11. The van der Waals surface area contributed by atoms with E-state index in [0.717, 1.165) is 32.5 Å². The smallest absolute Gasteiger partial charge is 0.327 e. The molecule has 1 aliphatic rings. The third-order valence-electron chi connectivity index (χ3n) is 16.5. The summed E-state index contributed by atoms with van der Waals surface area (Å²) in [4.78, 5) is 166. The summed E-state index contributed by atoms with van der Waals surface area (Å²) in [6, 6.07) is 23.8. The number of aliphatic carboxylic acids is 3. The van der Waals surface area contributed by atoms with Crippen molar-refractivity contribution in [2.45, 2.75) is 75.5 Å². The first-order chi connectivity index (χ1) is 48.9. The summed E-state index contributed by atoms with van der Waals surface area (Å²) in [6.07, 6.45) is -1.34. The topological polar surface area (TPSA) is 518 Å². The van der Waals surface area contributed by atoms with Crippen molar-refractivity contribution in [1.82, 2.24) is 51.2 Å². The molecule has 5 heterocycles. The number of carboxylic acids is 3. The van der Waals surface area contributed by atoms with Crippen LogP contribution < -0.4 is 59.1 Å². The Morgan fingerprint density at radius 2 is 1.39 bits per heavy atom. The Hall–Kier alpha value is -11.8. The monoisotopic (exact) mass is 1450 g/mol. The van der Waals surface area contributed by atoms with E-state index in [1.807, 2.05) is 24.3 Å². The van der Waals surface area contributed by atoms with Gasteiger partial charge in [-0.05, 0) is 103 Å². The number of ketones is 1. The van der Waals surface area contributed by atoms with E-state index in [0.29, 0.717) is 67.9 Å². The lowest BCUT2D eigenvalue weighted by Gasteiger charge is -2.22. The van der Waals surface area contributed by atoms with Crippen molar-refractivity contribution in [3.63, 3.8) is 0 Å². The summed E-state index contributed by atoms with van der Waals surface area (Å²) < 4.78 is 0. The number of phenolic OH excluding ortho intramolecular Hbond substituents is 1. The number of phenols is 1. The standard InChI is InChI=1S/C67H68ClN17O15S2/c68-27-36-30-85(50-26-51(86)41-4-1-2-5-42(41)56(36)50)63(96)48-23-34-21-39(12-14-44(34)79-48)77-61(94)47-22-33-20-38(11-13-43(33)78-47)75-54(89)17-19-101-102-31-49(65(99)100)82-60(93)35(25-55(90)91)24-52(87)45(6-3-18-72-66(69)70)80-53(88)16-15-46(64(97)98)81-59(92)32-7-9-37(10-8-32)73-28-40-29-74-58-57(76-40)62(95)84-67(71)83-58/h1-2,4-5,7-14,20-23,26,29,35-36,45-46,49,73,78-79,86H,3,6,15-19,24-25,27-28,30-31H2,(H,75,89)(H,77,94)(H,80,88)(H,81,92)(H,82,93)(H,90,91)(H,97,98)(H,99,100)(H4,69,70,72)(H3,71,74,83,84,95)/t35-,36?,45-,46-,49?/m1/s1. The van der Waals surface area contributed by atoms with Gasteiger partial charge in [-0.2, -0.15) is 4.98 Å². The Bertz CT molecular complexity index is 4840. The molecule has 0 radical (unpaired) electrons. The zero-order valence-corrected chi connectivity index (χ0v) is 56.3. The Morgan fingerprint density at radius 3 is 2.08 bits per heavy atom. The molecule has 0 fully saturated rings. The number of nitrogen functional groups attached to an aromatic ring is 1. The highest BCUT2D eigenvalue weighted by Gasteiger charge is 2.36. The number of alkyl halides is 1. The van der Waals surface area contributed by atoms with Crippen molar-refractivity contribution in [3.8, 4) is 5.75 Å². The van der Waals surface area contributed by atoms with Gasteiger partial charge in [0.05, 0.1) is 42.5 Å². The van der Waals surface area contributed by atoms with Crippen LogP contribution in [0.4, 0.5) is 28.7 Å². The van der Waals surface area contributed by atoms with Crippen molar-refractivity contribution in [3.05, 3.63) is 148 Å². The van der Waals surface area contributed by atoms with Crippen molar-refractivity contribution >= 4 is 171 Å². The fourth-order valence-corrected chi connectivity index (χ4v) is 13.9. The lowest BCUT2D eigenvalue weighted by Crippen LogP contribution is -2.47. The van der Waals surface area contributed by atoms with E-state index in [1.165, 1.54) is 30.5 Å². The molecule has 0 saturated heterocycles. The molecule has 0 saturated carbocycles. The highest BCUT2D eigenvalue weighted by molar-refractivity contribution is 8.76. The molecule has 2 unspecified atom stereocenters. The van der Waals surface area contributed by atoms with Crippen molar-refractivity contribution in [1.29, 1.82) is 5.41 Å². The maximum Gasteiger partial charge on any atom is 0.327 e. The molecule has 6 amide bonds. The first-order valence-corrected chi connectivity index (χ1v) is 34.7. The van der Waals surface area contributed by atoms with E-state index in [-0.39, 0.29) is 95.7 Å². The number of hydrogen-bond donors (Lipinski definition) is 17. The number of carboxylic acid groups (broad SMARTS) is 3. The SMILES string of the molecule is N=C(N)NCCC[C@@H](NC(=O)CC[C@@H](NC(=O)c1ccc(NCc2cnc3nc(N)[nH]c(=O)c3n2)cc1)C(=O)O)C(=O)C[C@H](CC(=O)O)C(=O)NC(CSSCCC(=O)Nc1ccc2[nH]c(C(=O)Nc3ccc4[nH]c(C(=O)N5CC(CCl)c6c5cc(O)c5ccccc65)cc4c3)cc2c1)C(=O)O. The molecule has 5 aromatic carbocycles. The number of H-pyrrole nitrogens is 3. The largest absolute Gasteiger partial charge is 0.507 e. The number of aromatic hydroxyl groups is 1. The first-order valence-electron chi connectivity index (χ1n) is 31.7. The van der Waals surface area contributed by atoms with Crippen LogP contribution in [0.15, 0.2) is 114 Å². The van der Waals surface area contributed by atoms with Gasteiger partial charge in [-0.25, -0.2) is 19.6 Å². The third-order valence-corrected chi connectivity index (χ3v) is 19.3. The van der Waals surface area contributed by atoms with Gasteiger partial charge in [-0.1, -0.05) is 45.9 Å². The minimum absolute atomic E-state index is 0.0191. The van der Waals surface area contributed by atoms with Crippen LogP contribution in [0.25, 0.3) is 43.7 Å². The van der Waals surface area contributed by atoms with Gasteiger partial charge in [-0.15, -0.1) is 11.6 Å². The Labute approximate surface area is 590 Å². The number of nitrogens with zero attached hydrogens (tertiary/aromatic N) is 4. The van der Waals surface area contributed by atoms with Crippen LogP contribution in [-0.2, 0) is 40.1 Å². The van der Waals surface area contributed by atoms with Crippen LogP contribution in [-0.4, -0.2) is 164 Å². The van der Waals surface area contributed by atoms with Gasteiger partial charge >= 0.3 is 17.9 Å². The van der Waals surface area contributed by atoms with Crippen LogP contribution in [0.5, 0.6) is 5.75 Å². The van der Waals surface area contributed by atoms with E-state index in [9.17, 15) is 73.2 Å². The number of guanidine groups is 1. The second kappa shape index (κ2) is 32.9. The van der Waals surface area contributed by atoms with E-state index in [2.05, 4.69) is 67.1 Å². The highest BCUT2D eigenvalue weighted by atomic mass is 35.5. The van der Waals surface area contributed by atoms with Crippen molar-refractivity contribution < 1.29 is 68.4 Å². The van der Waals surface area contributed by atoms with Gasteiger partial charge in [0.1, 0.15) is 29.2 Å². The third kappa shape index (κ3) is 18.4. The van der Waals surface area contributed by atoms with Crippen LogP contribution in [0.3, 0.4) is 0 Å². The number of Topliss-reactive ketones (excluding diaryl/α,β-unsaturated/α-hetero) is 1. The number of benzene rings is 5. The molecule has 0 spiro atoms. The highest BCUT2D eigenvalue weighted by Crippen LogP contribution is 2.46. The Morgan fingerprint density at radius 1 is 0.716 bits per heavy atom. The molecule has 4 aromatic heterocycles. The Balaban J connectivity index is 0.667. The second-order valence-electron chi connectivity index (χ2n) is 23.8. The lowest BCUT2D eigenvalue weighted by atomic mass is 9.92. The average molecular weight is 1450 g/mol. The molecule has 10 rings (SSSR count). The zero-order valence-electron chi connectivity index (χ0n) is 53.9. The fourth-order valence-electron chi connectivity index (χ4n) is 11.5. The van der Waals surface area contributed by atoms with Gasteiger partial charge in [0.2, 0.25) is 23.7 Å². The van der Waals surface area contributed by atoms with E-state index in [1.54, 1.807) is 59.5 Å². The maximum absolute atomic E-state index is 14.1. The molecule has 102 heavy (non-hydrogen) atoms. The number of fused-ring (bicyclic) bond motifs is 6. The number of halogens is 1. The molecule has 530 valence electrons. The van der Waals surface area contributed by atoms with E-state index < -0.39 is 114 Å². The molecule has 0 bridgehead atoms. The summed E-state index contributed by atoms with van der Waals surface area (Å²) in [7, 11) is 2.13. The summed E-state index contributed by atoms with van der Waals surface area (Å²) in [6.45, 7) is 0.490. The van der Waals surface area contributed by atoms with Gasteiger partial charge < -0.3 is 84.0 Å². The molecule has 9 aromatic rings. The summed E-state index contributed by atoms with van der Waals surface area (Å²) in [5.74, 6) is -11.2. The lowest BCUT2D eigenvalue weighted by molar-refractivity contribution is -0.144. The number of aromatic nitrogens is 6. The summed E-state index contributed by atoms with van der Waals surface area (Å²) >= 11 is 6.41. The number of carbonyl (C=O) groups is 10. The molecular weight excluding hydrogens is 1380 g/mol. The number of carbonyl (C=O) groups excluding carboxylic acids is 7. The molecule has 35 heteroatoms. The van der Waals surface area contributed by atoms with Crippen molar-refractivity contribution in [2.75, 3.05) is 57.1 Å². The Kier molecular flexibility index (Phi) is 23.5. The minimum Gasteiger partial charge on any atom is -0.507 e. The summed E-state index contributed by atoms with van der Waals surface area (Å²) in [5.41, 5.74) is 15.5. The van der Waals surface area contributed by atoms with Gasteiger partial charge in [0.15, 0.2) is 22.9 Å². The average Bonchev–Trinajstić information content (AvgIpc) is 1.58. The first kappa shape index (κ1) is 73.0. The fraction of sp³-hybridized carbons (Fsp3) is 0.269. The predicted molar refractivity (Wildman–Crippen MR) is 384 cm³/mol. The minimum atomic E-state index is -1.63. The summed E-state index contributed by atoms with van der Waals surface area (Å²) in [5, 5.41) is 69.4. The van der Waals surface area contributed by atoms with Crippen LogP contribution in [0.2, 0.25) is 0 Å². The quantitative estimate of drug-likeness (QED) is 0.00770. The zero-order chi connectivity index (χ0) is 72.9. The molecule has 32 nitrogen and oxygen atoms in total. The van der Waals surface area contributed by atoms with E-state index in [4.69, 9.17) is 28.5 Å². The van der Waals surface area contributed by atoms with Crippen LogP contribution in [0.1, 0.15) is 93.5 Å². The molecule has 1 aliphatic heterocycles. The number of nitrogens with two attached hydrogens (primary N) is 2. The molecule has 19 N–H and O–H groups in total. The maximum atomic E-state index is 14.1. The van der Waals surface area contributed by atoms with Crippen LogP contribution in [0, 0.1) is 11.3 Å².